The number of hydrogen-bond acceptors (Lipinski definition) is 3. The van der Waals surface area contributed by atoms with Gasteiger partial charge in [-0.3, -0.25) is 14.6 Å². The van der Waals surface area contributed by atoms with Crippen LogP contribution in [0.15, 0.2) is 73.1 Å². The Kier molecular flexibility index (Phi) is 4.66. The van der Waals surface area contributed by atoms with Crippen molar-refractivity contribution in [2.75, 3.05) is 11.4 Å². The molecule has 0 atom stereocenters. The molecule has 1 aliphatic heterocycles. The van der Waals surface area contributed by atoms with Gasteiger partial charge in [0.1, 0.15) is 0 Å². The fourth-order valence-electron chi connectivity index (χ4n) is 3.26. The molecule has 5 heteroatoms. The molecule has 2 aromatic carbocycles. The summed E-state index contributed by atoms with van der Waals surface area (Å²) in [6, 6.07) is 18.5. The number of carbonyl (C=O) groups excluding carboxylic acids is 2. The zero-order valence-electron chi connectivity index (χ0n) is 14.8. The molecule has 5 nitrogen and oxygen atoms in total. The van der Waals surface area contributed by atoms with Crippen molar-refractivity contribution >= 4 is 17.5 Å². The van der Waals surface area contributed by atoms with Gasteiger partial charge in [-0.05, 0) is 53.9 Å². The fraction of sp³-hybridized carbons (Fsp3) is 0.136. The van der Waals surface area contributed by atoms with E-state index < -0.39 is 0 Å². The van der Waals surface area contributed by atoms with E-state index in [-0.39, 0.29) is 11.8 Å². The summed E-state index contributed by atoms with van der Waals surface area (Å²) >= 11 is 0. The Hall–Kier alpha value is -3.47. The summed E-state index contributed by atoms with van der Waals surface area (Å²) in [5.41, 5.74) is 4.20. The average molecular weight is 357 g/mol. The molecule has 134 valence electrons. The molecule has 0 spiro atoms. The number of aromatic nitrogens is 1. The van der Waals surface area contributed by atoms with E-state index in [0.717, 1.165) is 17.7 Å². The molecule has 3 aromatic rings. The Morgan fingerprint density at radius 2 is 1.74 bits per heavy atom. The highest BCUT2D eigenvalue weighted by molar-refractivity contribution is 6.07. The van der Waals surface area contributed by atoms with Crippen molar-refractivity contribution in [1.82, 2.24) is 10.3 Å². The van der Waals surface area contributed by atoms with Crippen molar-refractivity contribution < 1.29 is 9.59 Å². The molecular weight excluding hydrogens is 338 g/mol. The number of hydrogen-bond donors (Lipinski definition) is 1. The standard InChI is InChI=1S/C22H19N3O2/c26-21(24-15-16-4-3-12-23-14-16)18-7-9-19(10-8-18)22(27)25-13-11-17-5-1-2-6-20(17)25/h1-10,12,14H,11,13,15H2,(H,24,26). The molecule has 0 aliphatic carbocycles. The highest BCUT2D eigenvalue weighted by Gasteiger charge is 2.25. The van der Waals surface area contributed by atoms with Crippen LogP contribution in [0.5, 0.6) is 0 Å². The molecule has 27 heavy (non-hydrogen) atoms. The number of para-hydroxylation sites is 1. The number of rotatable bonds is 4. The maximum atomic E-state index is 12.8. The minimum absolute atomic E-state index is 0.0396. The maximum absolute atomic E-state index is 12.8. The average Bonchev–Trinajstić information content (AvgIpc) is 3.16. The molecule has 0 radical (unpaired) electrons. The second-order valence-electron chi connectivity index (χ2n) is 6.46. The van der Waals surface area contributed by atoms with Crippen LogP contribution in [0.1, 0.15) is 31.8 Å². The van der Waals surface area contributed by atoms with Gasteiger partial charge >= 0.3 is 0 Å². The van der Waals surface area contributed by atoms with Crippen LogP contribution in [0.4, 0.5) is 5.69 Å². The number of amides is 2. The predicted octanol–water partition coefficient (Wildman–Crippen LogP) is 3.21. The summed E-state index contributed by atoms with van der Waals surface area (Å²) in [7, 11) is 0. The van der Waals surface area contributed by atoms with E-state index in [4.69, 9.17) is 0 Å². The first-order chi connectivity index (χ1) is 13.2. The molecule has 0 bridgehead atoms. The number of carbonyl (C=O) groups is 2. The zero-order valence-corrected chi connectivity index (χ0v) is 14.8. The first-order valence-electron chi connectivity index (χ1n) is 8.89. The summed E-state index contributed by atoms with van der Waals surface area (Å²) in [5.74, 6) is -0.216. The van der Waals surface area contributed by atoms with E-state index in [9.17, 15) is 9.59 Å². The summed E-state index contributed by atoms with van der Waals surface area (Å²) in [5, 5.41) is 2.86. The predicted molar refractivity (Wildman–Crippen MR) is 104 cm³/mol. The molecule has 0 saturated heterocycles. The van der Waals surface area contributed by atoms with Crippen molar-refractivity contribution in [1.29, 1.82) is 0 Å². The molecule has 0 saturated carbocycles. The van der Waals surface area contributed by atoms with Gasteiger partial charge in [-0.25, -0.2) is 0 Å². The fourth-order valence-corrected chi connectivity index (χ4v) is 3.26. The van der Waals surface area contributed by atoms with Crippen LogP contribution in [0.2, 0.25) is 0 Å². The van der Waals surface area contributed by atoms with Crippen LogP contribution in [-0.2, 0) is 13.0 Å². The van der Waals surface area contributed by atoms with Crippen molar-refractivity contribution in [3.05, 3.63) is 95.3 Å². The first-order valence-corrected chi connectivity index (χ1v) is 8.89. The van der Waals surface area contributed by atoms with Gasteiger partial charge in [0.2, 0.25) is 0 Å². The number of pyridine rings is 1. The minimum atomic E-state index is -0.177. The topological polar surface area (TPSA) is 62.3 Å². The Bertz CT molecular complexity index is 968. The molecule has 2 amide bonds. The number of anilines is 1. The maximum Gasteiger partial charge on any atom is 0.258 e. The van der Waals surface area contributed by atoms with Crippen LogP contribution >= 0.6 is 0 Å². The summed E-state index contributed by atoms with van der Waals surface area (Å²) < 4.78 is 0. The van der Waals surface area contributed by atoms with Crippen LogP contribution in [0, 0.1) is 0 Å². The number of nitrogens with zero attached hydrogens (tertiary/aromatic N) is 2. The lowest BCUT2D eigenvalue weighted by Crippen LogP contribution is -2.29. The second kappa shape index (κ2) is 7.41. The lowest BCUT2D eigenvalue weighted by molar-refractivity contribution is 0.0947. The second-order valence-corrected chi connectivity index (χ2v) is 6.46. The third-order valence-electron chi connectivity index (χ3n) is 4.70. The molecule has 1 aliphatic rings. The molecule has 2 heterocycles. The van der Waals surface area contributed by atoms with Crippen LogP contribution in [0.25, 0.3) is 0 Å². The molecule has 0 fully saturated rings. The molecule has 4 rings (SSSR count). The van der Waals surface area contributed by atoms with Crippen molar-refractivity contribution in [2.45, 2.75) is 13.0 Å². The van der Waals surface area contributed by atoms with Crippen molar-refractivity contribution in [3.63, 3.8) is 0 Å². The monoisotopic (exact) mass is 357 g/mol. The third-order valence-corrected chi connectivity index (χ3v) is 4.70. The van der Waals surface area contributed by atoms with Crippen LogP contribution < -0.4 is 10.2 Å². The SMILES string of the molecule is O=C(NCc1cccnc1)c1ccc(C(=O)N2CCc3ccccc32)cc1. The van der Waals surface area contributed by atoms with E-state index in [2.05, 4.69) is 16.4 Å². The lowest BCUT2D eigenvalue weighted by Gasteiger charge is -2.17. The van der Waals surface area contributed by atoms with Gasteiger partial charge < -0.3 is 10.2 Å². The van der Waals surface area contributed by atoms with Gasteiger partial charge in [-0.15, -0.1) is 0 Å². The molecular formula is C22H19N3O2. The number of fused-ring (bicyclic) bond motifs is 1. The van der Waals surface area contributed by atoms with E-state index in [1.165, 1.54) is 5.56 Å². The molecule has 1 aromatic heterocycles. The van der Waals surface area contributed by atoms with Crippen LogP contribution in [-0.4, -0.2) is 23.3 Å². The Labute approximate surface area is 157 Å². The normalized spacial score (nSPS) is 12.5. The van der Waals surface area contributed by atoms with E-state index >= 15 is 0 Å². The Balaban J connectivity index is 1.43. The Morgan fingerprint density at radius 1 is 0.963 bits per heavy atom. The largest absolute Gasteiger partial charge is 0.348 e. The van der Waals surface area contributed by atoms with Crippen molar-refractivity contribution in [3.8, 4) is 0 Å². The first kappa shape index (κ1) is 17.0. The van der Waals surface area contributed by atoms with Gasteiger partial charge in [0.25, 0.3) is 11.8 Å². The Morgan fingerprint density at radius 3 is 2.52 bits per heavy atom. The number of nitrogens with one attached hydrogen (secondary N) is 1. The van der Waals surface area contributed by atoms with Crippen molar-refractivity contribution in [2.24, 2.45) is 0 Å². The smallest absolute Gasteiger partial charge is 0.258 e. The highest BCUT2D eigenvalue weighted by Crippen LogP contribution is 2.28. The number of benzene rings is 2. The summed E-state index contributed by atoms with van der Waals surface area (Å²) in [6.07, 6.45) is 4.28. The third kappa shape index (κ3) is 3.58. The lowest BCUT2D eigenvalue weighted by atomic mass is 10.1. The highest BCUT2D eigenvalue weighted by atomic mass is 16.2. The van der Waals surface area contributed by atoms with E-state index in [0.29, 0.717) is 24.2 Å². The van der Waals surface area contributed by atoms with Gasteiger partial charge in [0, 0.05) is 42.3 Å². The van der Waals surface area contributed by atoms with Gasteiger partial charge in [0.05, 0.1) is 0 Å². The molecule has 1 N–H and O–H groups in total. The van der Waals surface area contributed by atoms with Crippen LogP contribution in [0.3, 0.4) is 0 Å². The van der Waals surface area contributed by atoms with Gasteiger partial charge in [0.15, 0.2) is 0 Å². The summed E-state index contributed by atoms with van der Waals surface area (Å²) in [6.45, 7) is 1.10. The summed E-state index contributed by atoms with van der Waals surface area (Å²) in [4.78, 5) is 30.9. The zero-order chi connectivity index (χ0) is 18.6. The van der Waals surface area contributed by atoms with Gasteiger partial charge in [-0.1, -0.05) is 24.3 Å². The van der Waals surface area contributed by atoms with E-state index in [1.807, 2.05) is 30.3 Å². The minimum Gasteiger partial charge on any atom is -0.348 e. The van der Waals surface area contributed by atoms with Gasteiger partial charge in [-0.2, -0.15) is 0 Å². The quantitative estimate of drug-likeness (QED) is 0.780. The van der Waals surface area contributed by atoms with E-state index in [1.54, 1.807) is 41.6 Å². The molecule has 0 unspecified atom stereocenters.